The van der Waals surface area contributed by atoms with E-state index in [-0.39, 0.29) is 5.54 Å². The molecule has 2 fully saturated rings. The minimum Gasteiger partial charge on any atom is -0.301 e. The monoisotopic (exact) mass is 278 g/mol. The number of likely N-dealkylation sites (N-methyl/N-ethyl adjacent to an activating group) is 1. The first-order chi connectivity index (χ1) is 9.58. The molecule has 2 aliphatic rings. The van der Waals surface area contributed by atoms with Crippen LogP contribution in [0.5, 0.6) is 0 Å². The van der Waals surface area contributed by atoms with Gasteiger partial charge in [0.25, 0.3) is 0 Å². The number of hydrogen-bond acceptors (Lipinski definition) is 4. The molecule has 0 radical (unpaired) electrons. The molecule has 20 heavy (non-hydrogen) atoms. The molecule has 0 bridgehead atoms. The predicted molar refractivity (Wildman–Crippen MR) is 82.6 cm³/mol. The highest BCUT2D eigenvalue weighted by Gasteiger charge is 2.39. The molecule has 2 unspecified atom stereocenters. The van der Waals surface area contributed by atoms with Crippen molar-refractivity contribution < 1.29 is 0 Å². The minimum atomic E-state index is -0.293. The Bertz CT molecular complexity index is 341. The summed E-state index contributed by atoms with van der Waals surface area (Å²) in [6.07, 6.45) is 4.43. The maximum Gasteiger partial charge on any atom is 0.108 e. The van der Waals surface area contributed by atoms with Crippen LogP contribution < -0.4 is 5.32 Å². The Morgan fingerprint density at radius 3 is 2.55 bits per heavy atom. The molecule has 2 atom stereocenters. The summed E-state index contributed by atoms with van der Waals surface area (Å²) < 4.78 is 0. The summed E-state index contributed by atoms with van der Waals surface area (Å²) in [7, 11) is 0. The van der Waals surface area contributed by atoms with Gasteiger partial charge in [-0.2, -0.15) is 5.26 Å². The fraction of sp³-hybridized carbons (Fsp3) is 0.938. The molecule has 0 aromatic heterocycles. The van der Waals surface area contributed by atoms with Crippen molar-refractivity contribution in [3.63, 3.8) is 0 Å². The van der Waals surface area contributed by atoms with E-state index in [1.54, 1.807) is 0 Å². The van der Waals surface area contributed by atoms with Gasteiger partial charge in [-0.05, 0) is 46.1 Å². The van der Waals surface area contributed by atoms with E-state index < -0.39 is 0 Å². The second kappa shape index (κ2) is 6.89. The van der Waals surface area contributed by atoms with Gasteiger partial charge in [0.05, 0.1) is 6.07 Å². The van der Waals surface area contributed by atoms with E-state index in [9.17, 15) is 5.26 Å². The van der Waals surface area contributed by atoms with Gasteiger partial charge in [0, 0.05) is 38.3 Å². The van der Waals surface area contributed by atoms with Gasteiger partial charge >= 0.3 is 0 Å². The largest absolute Gasteiger partial charge is 0.301 e. The van der Waals surface area contributed by atoms with Crippen molar-refractivity contribution in [1.82, 2.24) is 15.1 Å². The third-order valence-corrected chi connectivity index (χ3v) is 4.87. The summed E-state index contributed by atoms with van der Waals surface area (Å²) in [4.78, 5) is 5.14. The molecule has 0 spiro atoms. The van der Waals surface area contributed by atoms with E-state index in [2.05, 4.69) is 42.0 Å². The van der Waals surface area contributed by atoms with Crippen LogP contribution in [0, 0.1) is 11.3 Å². The SMILES string of the molecule is CCN1CCN(C2CCCC(C#N)(NC(C)C)C2)CC1. The molecular weight excluding hydrogens is 248 g/mol. The number of piperazine rings is 1. The van der Waals surface area contributed by atoms with Crippen molar-refractivity contribution in [2.24, 2.45) is 0 Å². The van der Waals surface area contributed by atoms with Crippen LogP contribution >= 0.6 is 0 Å². The van der Waals surface area contributed by atoms with Crippen LogP contribution in [0.4, 0.5) is 0 Å². The zero-order valence-corrected chi connectivity index (χ0v) is 13.4. The van der Waals surface area contributed by atoms with Gasteiger partial charge in [0.15, 0.2) is 0 Å². The summed E-state index contributed by atoms with van der Waals surface area (Å²) in [6, 6.07) is 3.56. The topological polar surface area (TPSA) is 42.3 Å². The predicted octanol–water partition coefficient (Wildman–Crippen LogP) is 1.83. The lowest BCUT2D eigenvalue weighted by Crippen LogP contribution is -2.57. The number of hydrogen-bond donors (Lipinski definition) is 1. The quantitative estimate of drug-likeness (QED) is 0.852. The molecule has 1 saturated carbocycles. The first kappa shape index (κ1) is 15.8. The van der Waals surface area contributed by atoms with Crippen molar-refractivity contribution in [2.45, 2.75) is 64.1 Å². The lowest BCUT2D eigenvalue weighted by atomic mass is 9.78. The first-order valence-corrected chi connectivity index (χ1v) is 8.24. The van der Waals surface area contributed by atoms with E-state index in [4.69, 9.17) is 0 Å². The first-order valence-electron chi connectivity index (χ1n) is 8.24. The maximum atomic E-state index is 9.65. The summed E-state index contributed by atoms with van der Waals surface area (Å²) in [5.74, 6) is 0. The number of nitrogens with one attached hydrogen (secondary N) is 1. The lowest BCUT2D eigenvalue weighted by Gasteiger charge is -2.45. The van der Waals surface area contributed by atoms with E-state index in [1.807, 2.05) is 0 Å². The molecule has 1 heterocycles. The molecule has 1 aliphatic carbocycles. The fourth-order valence-electron chi connectivity index (χ4n) is 3.82. The van der Waals surface area contributed by atoms with Crippen molar-refractivity contribution in [1.29, 1.82) is 5.26 Å². The van der Waals surface area contributed by atoms with E-state index in [0.29, 0.717) is 12.1 Å². The Kier molecular flexibility index (Phi) is 5.42. The third kappa shape index (κ3) is 3.72. The standard InChI is InChI=1S/C16H30N4/c1-4-19-8-10-20(11-9-19)15-6-5-7-16(12-15,13-17)18-14(2)3/h14-15,18H,4-12H2,1-3H3. The van der Waals surface area contributed by atoms with Crippen molar-refractivity contribution in [3.05, 3.63) is 0 Å². The highest BCUT2D eigenvalue weighted by molar-refractivity contribution is 5.11. The second-order valence-electron chi connectivity index (χ2n) is 6.71. The van der Waals surface area contributed by atoms with Crippen molar-refractivity contribution in [3.8, 4) is 6.07 Å². The summed E-state index contributed by atoms with van der Waals surface area (Å²) >= 11 is 0. The molecule has 4 heteroatoms. The average Bonchev–Trinajstić information content (AvgIpc) is 2.47. The van der Waals surface area contributed by atoms with Gasteiger partial charge in [-0.15, -0.1) is 0 Å². The zero-order valence-electron chi connectivity index (χ0n) is 13.4. The summed E-state index contributed by atoms with van der Waals surface area (Å²) in [5.41, 5.74) is -0.293. The van der Waals surface area contributed by atoms with Crippen LogP contribution in [0.25, 0.3) is 0 Å². The maximum absolute atomic E-state index is 9.65. The molecule has 0 amide bonds. The van der Waals surface area contributed by atoms with Gasteiger partial charge in [-0.3, -0.25) is 10.2 Å². The highest BCUT2D eigenvalue weighted by atomic mass is 15.3. The molecule has 1 N–H and O–H groups in total. The van der Waals surface area contributed by atoms with Gasteiger partial charge in [0.1, 0.15) is 5.54 Å². The van der Waals surface area contributed by atoms with Crippen LogP contribution in [0.1, 0.15) is 46.5 Å². The summed E-state index contributed by atoms with van der Waals surface area (Å²) in [5, 5.41) is 13.2. The Labute approximate surface area is 124 Å². The van der Waals surface area contributed by atoms with Gasteiger partial charge in [-0.1, -0.05) is 6.92 Å². The van der Waals surface area contributed by atoms with Crippen LogP contribution in [0.15, 0.2) is 0 Å². The average molecular weight is 278 g/mol. The van der Waals surface area contributed by atoms with Crippen LogP contribution in [-0.4, -0.2) is 60.1 Å². The lowest BCUT2D eigenvalue weighted by molar-refractivity contribution is 0.0633. The van der Waals surface area contributed by atoms with Gasteiger partial charge in [0.2, 0.25) is 0 Å². The summed E-state index contributed by atoms with van der Waals surface area (Å²) in [6.45, 7) is 12.4. The molecule has 2 rings (SSSR count). The van der Waals surface area contributed by atoms with Crippen molar-refractivity contribution >= 4 is 0 Å². The molecule has 1 saturated heterocycles. The normalized spacial score (nSPS) is 33.2. The van der Waals surface area contributed by atoms with E-state index >= 15 is 0 Å². The Balaban J connectivity index is 1.95. The van der Waals surface area contributed by atoms with Crippen molar-refractivity contribution in [2.75, 3.05) is 32.7 Å². The molecular formula is C16H30N4. The van der Waals surface area contributed by atoms with E-state index in [0.717, 1.165) is 19.4 Å². The smallest absolute Gasteiger partial charge is 0.108 e. The zero-order chi connectivity index (χ0) is 14.6. The Hall–Kier alpha value is -0.630. The van der Waals surface area contributed by atoms with E-state index in [1.165, 1.54) is 39.0 Å². The second-order valence-corrected chi connectivity index (χ2v) is 6.71. The molecule has 114 valence electrons. The molecule has 4 nitrogen and oxygen atoms in total. The number of nitrogens with zero attached hydrogens (tertiary/aromatic N) is 3. The fourth-order valence-corrected chi connectivity index (χ4v) is 3.82. The van der Waals surface area contributed by atoms with Crippen LogP contribution in [0.3, 0.4) is 0 Å². The molecule has 0 aromatic carbocycles. The number of rotatable bonds is 4. The van der Waals surface area contributed by atoms with Gasteiger partial charge < -0.3 is 4.90 Å². The van der Waals surface area contributed by atoms with Crippen LogP contribution in [0.2, 0.25) is 0 Å². The van der Waals surface area contributed by atoms with Crippen LogP contribution in [-0.2, 0) is 0 Å². The Morgan fingerprint density at radius 2 is 2.00 bits per heavy atom. The molecule has 0 aromatic rings. The third-order valence-electron chi connectivity index (χ3n) is 4.87. The number of nitriles is 1. The highest BCUT2D eigenvalue weighted by Crippen LogP contribution is 2.31. The molecule has 1 aliphatic heterocycles. The van der Waals surface area contributed by atoms with Gasteiger partial charge in [-0.25, -0.2) is 0 Å². The minimum absolute atomic E-state index is 0.293. The Morgan fingerprint density at radius 1 is 1.30 bits per heavy atom.